The number of ether oxygens (including phenoxy) is 1. The van der Waals surface area contributed by atoms with E-state index in [0.29, 0.717) is 17.8 Å². The third-order valence-corrected chi connectivity index (χ3v) is 5.02. The average molecular weight is 331 g/mol. The second-order valence-corrected chi connectivity index (χ2v) is 6.51. The van der Waals surface area contributed by atoms with Crippen LogP contribution in [0, 0.1) is 0 Å². The van der Waals surface area contributed by atoms with Crippen LogP contribution < -0.4 is 5.73 Å². The maximum Gasteiger partial charge on any atom is 0.152 e. The van der Waals surface area contributed by atoms with Gasteiger partial charge in [0.15, 0.2) is 5.82 Å². The average Bonchev–Trinajstić information content (AvgIpc) is 3.25. The van der Waals surface area contributed by atoms with E-state index in [-0.39, 0.29) is 6.10 Å². The zero-order chi connectivity index (χ0) is 16.0. The van der Waals surface area contributed by atoms with E-state index in [2.05, 4.69) is 22.0 Å². The quantitative estimate of drug-likeness (QED) is 0.762. The molecule has 0 spiro atoms. The number of hydrogen-bond acceptors (Lipinski definition) is 7. The third-order valence-electron chi connectivity index (χ3n) is 4.21. The number of nitrogen functional groups attached to an aromatic ring is 1. The molecule has 0 saturated carbocycles. The molecule has 0 unspecified atom stereocenters. The summed E-state index contributed by atoms with van der Waals surface area (Å²) in [6.07, 6.45) is 3.74. The van der Waals surface area contributed by atoms with Gasteiger partial charge in [-0.2, -0.15) is 5.10 Å². The molecule has 0 radical (unpaired) electrons. The topological polar surface area (TPSA) is 98.6 Å². The molecule has 1 aliphatic heterocycles. The minimum atomic E-state index is -0.557. The predicted octanol–water partition coefficient (Wildman–Crippen LogP) is 2.04. The maximum atomic E-state index is 10.4. The van der Waals surface area contributed by atoms with Gasteiger partial charge in [-0.25, -0.2) is 14.5 Å². The summed E-state index contributed by atoms with van der Waals surface area (Å²) in [5.41, 5.74) is 8.41. The normalized spacial score (nSPS) is 24.5. The van der Waals surface area contributed by atoms with Gasteiger partial charge in [0.2, 0.25) is 0 Å². The van der Waals surface area contributed by atoms with Crippen LogP contribution in [-0.4, -0.2) is 36.9 Å². The Balaban J connectivity index is 1.90. The van der Waals surface area contributed by atoms with E-state index in [9.17, 15) is 5.11 Å². The number of hydrogen-bond donors (Lipinski definition) is 2. The Morgan fingerprint density at radius 2 is 2.35 bits per heavy atom. The zero-order valence-corrected chi connectivity index (χ0v) is 13.4. The van der Waals surface area contributed by atoms with Crippen LogP contribution in [0.5, 0.6) is 0 Å². The molecule has 8 heteroatoms. The summed E-state index contributed by atoms with van der Waals surface area (Å²) in [6, 6.07) is 1.95. The Morgan fingerprint density at radius 1 is 1.48 bits per heavy atom. The summed E-state index contributed by atoms with van der Waals surface area (Å²) >= 11 is 1.52. The smallest absolute Gasteiger partial charge is 0.152 e. The van der Waals surface area contributed by atoms with Crippen LogP contribution in [0.25, 0.3) is 16.1 Å². The van der Waals surface area contributed by atoms with Gasteiger partial charge in [-0.15, -0.1) is 11.3 Å². The monoisotopic (exact) mass is 331 g/mol. The van der Waals surface area contributed by atoms with Crippen LogP contribution in [-0.2, 0) is 4.74 Å². The van der Waals surface area contributed by atoms with Crippen LogP contribution >= 0.6 is 11.3 Å². The minimum Gasteiger partial charge on any atom is -0.390 e. The third kappa shape index (κ3) is 2.30. The van der Waals surface area contributed by atoms with Crippen molar-refractivity contribution in [1.29, 1.82) is 0 Å². The Hall–Kier alpha value is -2.03. The van der Waals surface area contributed by atoms with E-state index in [1.807, 2.05) is 11.4 Å². The molecular weight excluding hydrogens is 314 g/mol. The number of nitrogens with two attached hydrogens (primary N) is 1. The van der Waals surface area contributed by atoms with Crippen LogP contribution in [0.4, 0.5) is 5.82 Å². The first-order valence-electron chi connectivity index (χ1n) is 7.54. The largest absolute Gasteiger partial charge is 0.390 e. The lowest BCUT2D eigenvalue weighted by atomic mass is 10.1. The first kappa shape index (κ1) is 14.6. The highest BCUT2D eigenvalue weighted by molar-refractivity contribution is 7.13. The number of thiazole rings is 1. The van der Waals surface area contributed by atoms with Crippen molar-refractivity contribution in [2.24, 2.45) is 0 Å². The fourth-order valence-electron chi connectivity index (χ4n) is 3.09. The first-order chi connectivity index (χ1) is 11.2. The molecule has 0 aromatic carbocycles. The van der Waals surface area contributed by atoms with Crippen molar-refractivity contribution < 1.29 is 9.84 Å². The summed E-state index contributed by atoms with van der Waals surface area (Å²) in [5, 5.41) is 17.5. The Labute approximate surface area is 136 Å². The number of rotatable bonds is 3. The van der Waals surface area contributed by atoms with Crippen molar-refractivity contribution in [3.8, 4) is 10.6 Å². The van der Waals surface area contributed by atoms with E-state index in [1.165, 1.54) is 17.7 Å². The fraction of sp³-hybridized carbons (Fsp3) is 0.400. The molecule has 23 heavy (non-hydrogen) atoms. The molecule has 4 rings (SSSR count). The molecule has 1 fully saturated rings. The van der Waals surface area contributed by atoms with E-state index in [4.69, 9.17) is 10.5 Å². The van der Waals surface area contributed by atoms with E-state index >= 15 is 0 Å². The second-order valence-electron chi connectivity index (χ2n) is 5.62. The van der Waals surface area contributed by atoms with Crippen molar-refractivity contribution in [2.45, 2.75) is 38.1 Å². The van der Waals surface area contributed by atoms with Gasteiger partial charge in [-0.3, -0.25) is 0 Å². The van der Waals surface area contributed by atoms with Crippen molar-refractivity contribution in [3.05, 3.63) is 29.7 Å². The first-order valence-corrected chi connectivity index (χ1v) is 8.42. The molecule has 7 nitrogen and oxygen atoms in total. The molecule has 4 heterocycles. The molecule has 0 amide bonds. The summed E-state index contributed by atoms with van der Waals surface area (Å²) in [5.74, 6) is 0.385. The molecule has 3 aromatic heterocycles. The number of aliphatic hydroxyl groups is 1. The number of aliphatic hydroxyl groups excluding tert-OH is 1. The highest BCUT2D eigenvalue weighted by atomic mass is 32.1. The molecule has 0 aliphatic carbocycles. The lowest BCUT2D eigenvalue weighted by molar-refractivity contribution is 0.00452. The Kier molecular flexibility index (Phi) is 3.51. The van der Waals surface area contributed by atoms with Gasteiger partial charge in [0, 0.05) is 23.6 Å². The van der Waals surface area contributed by atoms with Gasteiger partial charge in [0.1, 0.15) is 23.0 Å². The van der Waals surface area contributed by atoms with Gasteiger partial charge in [-0.1, -0.05) is 6.92 Å². The Bertz CT molecular complexity index is 832. The van der Waals surface area contributed by atoms with Crippen LogP contribution in [0.15, 0.2) is 24.0 Å². The minimum absolute atomic E-state index is 0.0584. The van der Waals surface area contributed by atoms with Gasteiger partial charge < -0.3 is 15.6 Å². The maximum absolute atomic E-state index is 10.4. The summed E-state index contributed by atoms with van der Waals surface area (Å²) < 4.78 is 7.71. The molecule has 1 aliphatic rings. The number of aromatic nitrogens is 4. The molecule has 3 N–H and O–H groups in total. The number of nitrogens with zero attached hydrogens (tertiary/aromatic N) is 4. The summed E-state index contributed by atoms with van der Waals surface area (Å²) in [4.78, 5) is 8.45. The lowest BCUT2D eigenvalue weighted by Gasteiger charge is -2.14. The van der Waals surface area contributed by atoms with Crippen molar-refractivity contribution >= 4 is 22.7 Å². The van der Waals surface area contributed by atoms with Crippen molar-refractivity contribution in [1.82, 2.24) is 19.6 Å². The molecule has 3 atom stereocenters. The van der Waals surface area contributed by atoms with E-state index < -0.39 is 12.2 Å². The van der Waals surface area contributed by atoms with Crippen LogP contribution in [0.2, 0.25) is 0 Å². The zero-order valence-electron chi connectivity index (χ0n) is 12.6. The molecular formula is C15H17N5O2S. The van der Waals surface area contributed by atoms with Gasteiger partial charge in [-0.05, 0) is 12.5 Å². The fourth-order valence-corrected chi connectivity index (χ4v) is 3.75. The summed E-state index contributed by atoms with van der Waals surface area (Å²) in [7, 11) is 0. The van der Waals surface area contributed by atoms with E-state index in [0.717, 1.165) is 22.7 Å². The van der Waals surface area contributed by atoms with Crippen LogP contribution in [0.3, 0.4) is 0 Å². The molecule has 0 bridgehead atoms. The highest BCUT2D eigenvalue weighted by Crippen LogP contribution is 2.39. The molecule has 120 valence electrons. The van der Waals surface area contributed by atoms with Crippen molar-refractivity contribution in [2.75, 3.05) is 5.73 Å². The highest BCUT2D eigenvalue weighted by Gasteiger charge is 2.37. The number of anilines is 1. The van der Waals surface area contributed by atoms with Gasteiger partial charge in [0.05, 0.1) is 17.9 Å². The van der Waals surface area contributed by atoms with Gasteiger partial charge >= 0.3 is 0 Å². The predicted molar refractivity (Wildman–Crippen MR) is 87.0 cm³/mol. The van der Waals surface area contributed by atoms with Crippen LogP contribution in [0.1, 0.15) is 31.6 Å². The number of fused-ring (bicyclic) bond motifs is 1. The SMILES string of the molecule is CC[C@@H]1C[C@H](O)[C@H](c2cc(-c3nccs3)c3c(N)ncnn23)O1. The van der Waals surface area contributed by atoms with Gasteiger partial charge in [0.25, 0.3) is 0 Å². The molecule has 3 aromatic rings. The van der Waals surface area contributed by atoms with Crippen molar-refractivity contribution in [3.63, 3.8) is 0 Å². The molecule has 1 saturated heterocycles. The summed E-state index contributed by atoms with van der Waals surface area (Å²) in [6.45, 7) is 2.05. The second kappa shape index (κ2) is 5.55. The lowest BCUT2D eigenvalue weighted by Crippen LogP contribution is -2.15. The standard InChI is InChI=1S/C15H17N5O2S/c1-2-8-5-11(21)13(22-8)10-6-9(15-17-3-4-23-15)12-14(16)18-7-19-20(10)12/h3-4,6-8,11,13,21H,2,5H2,1H3,(H2,16,18,19)/t8-,11+,13+/m1/s1. The van der Waals surface area contributed by atoms with E-state index in [1.54, 1.807) is 10.7 Å². The Morgan fingerprint density at radius 3 is 3.04 bits per heavy atom.